The molecule has 3 N–H and O–H groups in total. The Labute approximate surface area is 118 Å². The molecule has 4 fully saturated rings. The minimum Gasteiger partial charge on any atom is -0.572 e. The first-order valence-electron chi connectivity index (χ1n) is 7.54. The number of hydrogen-bond donors (Lipinski definition) is 2. The van der Waals surface area contributed by atoms with Crippen LogP contribution in [0.25, 0.3) is 0 Å². The fourth-order valence-corrected chi connectivity index (χ4v) is 5.51. The molecular formula is C15H21N3O2. The Balaban J connectivity index is 1.81. The molecule has 4 bridgehead atoms. The average Bonchev–Trinajstić information content (AvgIpc) is 2.36. The minimum absolute atomic E-state index is 0.0222. The Morgan fingerprint density at radius 3 is 2.25 bits per heavy atom. The van der Waals surface area contributed by atoms with Crippen LogP contribution in [0.15, 0.2) is 18.3 Å². The number of rotatable bonds is 2. The van der Waals surface area contributed by atoms with Crippen molar-refractivity contribution in [2.45, 2.75) is 43.9 Å². The smallest absolute Gasteiger partial charge is 0.284 e. The van der Waals surface area contributed by atoms with Crippen LogP contribution >= 0.6 is 0 Å². The maximum absolute atomic E-state index is 11.8. The van der Waals surface area contributed by atoms with Crippen LogP contribution in [0.2, 0.25) is 0 Å². The fourth-order valence-electron chi connectivity index (χ4n) is 5.51. The van der Waals surface area contributed by atoms with Crippen molar-refractivity contribution in [1.29, 1.82) is 0 Å². The van der Waals surface area contributed by atoms with E-state index >= 15 is 0 Å². The summed E-state index contributed by atoms with van der Waals surface area (Å²) in [5.41, 5.74) is 0.910. The third-order valence-electron chi connectivity index (χ3n) is 5.70. The van der Waals surface area contributed by atoms with Gasteiger partial charge in [0, 0.05) is 17.2 Å². The molecule has 5 nitrogen and oxygen atoms in total. The molecule has 4 aliphatic carbocycles. The molecule has 0 spiro atoms. The normalized spacial score (nSPS) is 41.6. The van der Waals surface area contributed by atoms with Crippen molar-refractivity contribution < 1.29 is 5.21 Å². The first-order valence-corrected chi connectivity index (χ1v) is 7.54. The topological polar surface area (TPSA) is 82.2 Å². The molecular weight excluding hydrogens is 254 g/mol. The van der Waals surface area contributed by atoms with E-state index in [9.17, 15) is 10.4 Å². The number of pyridine rings is 1. The summed E-state index contributed by atoms with van der Waals surface area (Å²) < 4.78 is 0. The lowest BCUT2D eigenvalue weighted by atomic mass is 9.48. The molecule has 0 aliphatic heterocycles. The van der Waals surface area contributed by atoms with Gasteiger partial charge in [0.2, 0.25) is 0 Å². The van der Waals surface area contributed by atoms with Crippen LogP contribution < -0.4 is 10.8 Å². The summed E-state index contributed by atoms with van der Waals surface area (Å²) >= 11 is 0. The Kier molecular flexibility index (Phi) is 2.55. The zero-order valence-electron chi connectivity index (χ0n) is 11.5. The van der Waals surface area contributed by atoms with E-state index in [1.165, 1.54) is 25.5 Å². The Morgan fingerprint density at radius 1 is 1.20 bits per heavy atom. The lowest BCUT2D eigenvalue weighted by molar-refractivity contribution is -0.0434. The molecule has 108 valence electrons. The Hall–Kier alpha value is -1.01. The van der Waals surface area contributed by atoms with Gasteiger partial charge in [0.1, 0.15) is 0 Å². The minimum atomic E-state index is -1.90. The van der Waals surface area contributed by atoms with Gasteiger partial charge in [-0.25, -0.2) is 0 Å². The molecule has 1 aromatic heterocycles. The molecule has 1 heterocycles. The van der Waals surface area contributed by atoms with Gasteiger partial charge in [-0.15, -0.1) is 5.84 Å². The summed E-state index contributed by atoms with van der Waals surface area (Å²) in [6.45, 7) is 0. The lowest BCUT2D eigenvalue weighted by Gasteiger charge is -2.57. The summed E-state index contributed by atoms with van der Waals surface area (Å²) in [6.07, 6.45) is 8.93. The van der Waals surface area contributed by atoms with Gasteiger partial charge in [-0.1, -0.05) is 4.92 Å². The molecule has 4 aliphatic rings. The quantitative estimate of drug-likeness (QED) is 0.494. The predicted octanol–water partition coefficient (Wildman–Crippen LogP) is 2.62. The average molecular weight is 275 g/mol. The standard InChI is InChI=1S/C15H21N3O2/c16-18(19,20)14-13(2-1-3-17-14)15-7-10-4-11(8-15)6-12(5-10)9-15/h1-3,10-12,19H,4-9,16H2. The highest BCUT2D eigenvalue weighted by molar-refractivity contribution is 5.47. The van der Waals surface area contributed by atoms with Crippen molar-refractivity contribution in [3.63, 3.8) is 0 Å². The van der Waals surface area contributed by atoms with Gasteiger partial charge in [0.25, 0.3) is 5.82 Å². The van der Waals surface area contributed by atoms with Crippen LogP contribution in [0.3, 0.4) is 0 Å². The molecule has 1 atom stereocenters. The molecule has 4 saturated carbocycles. The van der Waals surface area contributed by atoms with Crippen molar-refractivity contribution in [3.05, 3.63) is 29.1 Å². The van der Waals surface area contributed by atoms with Crippen LogP contribution in [0.1, 0.15) is 44.1 Å². The van der Waals surface area contributed by atoms with Crippen LogP contribution in [-0.2, 0) is 5.41 Å². The molecule has 0 radical (unpaired) electrons. The van der Waals surface area contributed by atoms with E-state index in [0.717, 1.165) is 42.6 Å². The summed E-state index contributed by atoms with van der Waals surface area (Å²) in [6, 6.07) is 3.80. The van der Waals surface area contributed by atoms with Gasteiger partial charge in [-0.2, -0.15) is 10.2 Å². The molecule has 5 rings (SSSR count). The van der Waals surface area contributed by atoms with Crippen molar-refractivity contribution in [1.82, 2.24) is 9.90 Å². The summed E-state index contributed by atoms with van der Waals surface area (Å²) in [7, 11) is 0. The third-order valence-corrected chi connectivity index (χ3v) is 5.70. The zero-order chi connectivity index (χ0) is 14.0. The first kappa shape index (κ1) is 12.7. The highest BCUT2D eigenvalue weighted by Crippen LogP contribution is 2.61. The molecule has 0 saturated heterocycles. The largest absolute Gasteiger partial charge is 0.572 e. The van der Waals surface area contributed by atoms with E-state index in [0.29, 0.717) is 0 Å². The lowest BCUT2D eigenvalue weighted by Crippen LogP contribution is -2.52. The summed E-state index contributed by atoms with van der Waals surface area (Å²) in [5.74, 6) is 7.76. The van der Waals surface area contributed by atoms with Crippen molar-refractivity contribution in [2.75, 3.05) is 0 Å². The van der Waals surface area contributed by atoms with E-state index in [1.54, 1.807) is 0 Å². The highest BCUT2D eigenvalue weighted by Gasteiger charge is 2.53. The van der Waals surface area contributed by atoms with Crippen molar-refractivity contribution in [2.24, 2.45) is 23.6 Å². The number of hydrogen-bond acceptors (Lipinski definition) is 4. The number of nitrogens with two attached hydrogens (primary N) is 1. The molecule has 0 aromatic carbocycles. The van der Waals surface area contributed by atoms with Crippen molar-refractivity contribution in [3.8, 4) is 0 Å². The van der Waals surface area contributed by atoms with Crippen LogP contribution in [0.5, 0.6) is 0 Å². The molecule has 1 aromatic rings. The first-order chi connectivity index (χ1) is 9.46. The van der Waals surface area contributed by atoms with E-state index in [2.05, 4.69) is 4.98 Å². The van der Waals surface area contributed by atoms with Gasteiger partial charge in [-0.05, 0) is 68.4 Å². The van der Waals surface area contributed by atoms with E-state index in [-0.39, 0.29) is 11.2 Å². The van der Waals surface area contributed by atoms with Crippen LogP contribution in [0, 0.1) is 23.0 Å². The SMILES string of the molecule is N[N+]([O-])(O)c1ncccc1C12CC3CC(CC(C3)C1)C2. The number of nitrogens with zero attached hydrogens (tertiary/aromatic N) is 2. The number of quaternary nitrogens is 1. The number of aromatic nitrogens is 1. The Morgan fingerprint density at radius 2 is 1.75 bits per heavy atom. The third kappa shape index (κ3) is 1.81. The van der Waals surface area contributed by atoms with E-state index in [1.807, 2.05) is 12.1 Å². The monoisotopic (exact) mass is 275 g/mol. The van der Waals surface area contributed by atoms with E-state index < -0.39 is 4.92 Å². The Bertz CT molecular complexity index is 503. The maximum Gasteiger partial charge on any atom is 0.284 e. The highest BCUT2D eigenvalue weighted by atomic mass is 16.9. The van der Waals surface area contributed by atoms with Gasteiger partial charge >= 0.3 is 0 Å². The van der Waals surface area contributed by atoms with Gasteiger partial charge in [0.05, 0.1) is 0 Å². The summed E-state index contributed by atoms with van der Waals surface area (Å²) in [5, 5.41) is 21.5. The fraction of sp³-hybridized carbons (Fsp3) is 0.667. The second kappa shape index (κ2) is 4.01. The molecule has 5 heteroatoms. The van der Waals surface area contributed by atoms with Crippen molar-refractivity contribution >= 4 is 5.82 Å². The zero-order valence-corrected chi connectivity index (χ0v) is 11.5. The maximum atomic E-state index is 11.8. The predicted molar refractivity (Wildman–Crippen MR) is 75.2 cm³/mol. The summed E-state index contributed by atoms with van der Waals surface area (Å²) in [4.78, 5) is 2.19. The molecule has 0 amide bonds. The second-order valence-corrected chi connectivity index (χ2v) is 7.20. The van der Waals surface area contributed by atoms with Gasteiger partial charge in [0.15, 0.2) is 0 Å². The van der Waals surface area contributed by atoms with Gasteiger partial charge < -0.3 is 5.21 Å². The second-order valence-electron chi connectivity index (χ2n) is 7.20. The van der Waals surface area contributed by atoms with Crippen LogP contribution in [0.4, 0.5) is 5.82 Å². The molecule has 1 unspecified atom stereocenters. The van der Waals surface area contributed by atoms with Gasteiger partial charge in [-0.3, -0.25) is 0 Å². The van der Waals surface area contributed by atoms with E-state index in [4.69, 9.17) is 5.84 Å². The molecule has 20 heavy (non-hydrogen) atoms. The van der Waals surface area contributed by atoms with Crippen LogP contribution in [-0.4, -0.2) is 10.2 Å².